The Kier molecular flexibility index (Phi) is 1.91. The summed E-state index contributed by atoms with van der Waals surface area (Å²) in [5.41, 5.74) is 2.66. The van der Waals surface area contributed by atoms with Gasteiger partial charge in [-0.05, 0) is 30.4 Å². The molecule has 0 saturated carbocycles. The zero-order valence-electron chi connectivity index (χ0n) is 7.67. The summed E-state index contributed by atoms with van der Waals surface area (Å²) in [5, 5.41) is 3.88. The third kappa shape index (κ3) is 1.27. The van der Waals surface area contributed by atoms with Gasteiger partial charge in [0.25, 0.3) is 5.24 Å². The Morgan fingerprint density at radius 3 is 2.92 bits per heavy atom. The molecule has 2 rings (SSSR count). The average molecular weight is 199 g/mol. The molecule has 0 N–H and O–H groups in total. The SMILES string of the molecule is CC1Cc2nn(C)c(C(=O)Cl)c2C1. The lowest BCUT2D eigenvalue weighted by atomic mass is 10.1. The molecule has 1 aliphatic carbocycles. The highest BCUT2D eigenvalue weighted by molar-refractivity contribution is 6.67. The van der Waals surface area contributed by atoms with Crippen molar-refractivity contribution in [1.29, 1.82) is 0 Å². The molecule has 0 radical (unpaired) electrons. The highest BCUT2D eigenvalue weighted by Crippen LogP contribution is 2.28. The van der Waals surface area contributed by atoms with Gasteiger partial charge in [0.1, 0.15) is 5.69 Å². The molecule has 4 heteroatoms. The standard InChI is InChI=1S/C9H11ClN2O/c1-5-3-6-7(4-5)11-12(2)8(6)9(10)13/h5H,3-4H2,1-2H3. The van der Waals surface area contributed by atoms with Crippen molar-refractivity contribution in [3.8, 4) is 0 Å². The summed E-state index contributed by atoms with van der Waals surface area (Å²) in [7, 11) is 1.76. The van der Waals surface area contributed by atoms with Gasteiger partial charge >= 0.3 is 0 Å². The normalized spacial score (nSPS) is 20.4. The van der Waals surface area contributed by atoms with Gasteiger partial charge in [-0.15, -0.1) is 0 Å². The Bertz CT molecular complexity index is 370. The van der Waals surface area contributed by atoms with Gasteiger partial charge in [-0.3, -0.25) is 9.48 Å². The van der Waals surface area contributed by atoms with Crippen LogP contribution in [-0.2, 0) is 19.9 Å². The van der Waals surface area contributed by atoms with Crippen molar-refractivity contribution < 1.29 is 4.79 Å². The quantitative estimate of drug-likeness (QED) is 0.642. The minimum absolute atomic E-state index is 0.398. The number of aromatic nitrogens is 2. The van der Waals surface area contributed by atoms with Gasteiger partial charge in [0.2, 0.25) is 0 Å². The fourth-order valence-electron chi connectivity index (χ4n) is 2.00. The van der Waals surface area contributed by atoms with E-state index in [0.717, 1.165) is 24.1 Å². The lowest BCUT2D eigenvalue weighted by Gasteiger charge is -2.01. The van der Waals surface area contributed by atoms with Gasteiger partial charge in [-0.25, -0.2) is 0 Å². The van der Waals surface area contributed by atoms with Crippen molar-refractivity contribution in [2.24, 2.45) is 13.0 Å². The fraction of sp³-hybridized carbons (Fsp3) is 0.556. The minimum Gasteiger partial charge on any atom is -0.274 e. The molecule has 13 heavy (non-hydrogen) atoms. The topological polar surface area (TPSA) is 34.9 Å². The van der Waals surface area contributed by atoms with Crippen LogP contribution in [0.4, 0.5) is 0 Å². The van der Waals surface area contributed by atoms with Gasteiger partial charge < -0.3 is 0 Å². The molecule has 3 nitrogen and oxygen atoms in total. The molecule has 1 atom stereocenters. The van der Waals surface area contributed by atoms with E-state index in [1.807, 2.05) is 0 Å². The Balaban J connectivity index is 2.52. The highest BCUT2D eigenvalue weighted by atomic mass is 35.5. The predicted molar refractivity (Wildman–Crippen MR) is 50.0 cm³/mol. The van der Waals surface area contributed by atoms with Crippen molar-refractivity contribution in [3.05, 3.63) is 17.0 Å². The zero-order chi connectivity index (χ0) is 9.59. The van der Waals surface area contributed by atoms with Crippen molar-refractivity contribution in [1.82, 2.24) is 9.78 Å². The summed E-state index contributed by atoms with van der Waals surface area (Å²) in [5.74, 6) is 0.591. The van der Waals surface area contributed by atoms with E-state index in [1.54, 1.807) is 11.7 Å². The molecule has 1 aromatic rings. The lowest BCUT2D eigenvalue weighted by molar-refractivity contribution is 0.107. The van der Waals surface area contributed by atoms with Crippen molar-refractivity contribution >= 4 is 16.8 Å². The third-order valence-corrected chi connectivity index (χ3v) is 2.69. The summed E-state index contributed by atoms with van der Waals surface area (Å²) < 4.78 is 1.59. The zero-order valence-corrected chi connectivity index (χ0v) is 8.43. The molecule has 1 heterocycles. The molecule has 0 amide bonds. The van der Waals surface area contributed by atoms with Crippen LogP contribution in [0.2, 0.25) is 0 Å². The second-order valence-corrected chi connectivity index (χ2v) is 4.03. The van der Waals surface area contributed by atoms with E-state index in [2.05, 4.69) is 12.0 Å². The molecule has 0 saturated heterocycles. The fourth-order valence-corrected chi connectivity index (χ4v) is 2.23. The molecular formula is C9H11ClN2O. The number of halogens is 1. The van der Waals surface area contributed by atoms with Crippen LogP contribution in [0.15, 0.2) is 0 Å². The van der Waals surface area contributed by atoms with Crippen LogP contribution in [0, 0.1) is 5.92 Å². The van der Waals surface area contributed by atoms with Crippen LogP contribution in [0.1, 0.15) is 28.7 Å². The minimum atomic E-state index is -0.398. The predicted octanol–water partition coefficient (Wildman–Crippen LogP) is 1.53. The summed E-state index contributed by atoms with van der Waals surface area (Å²) in [4.78, 5) is 11.1. The Morgan fingerprint density at radius 2 is 2.31 bits per heavy atom. The Morgan fingerprint density at radius 1 is 1.62 bits per heavy atom. The van der Waals surface area contributed by atoms with Crippen LogP contribution in [0.5, 0.6) is 0 Å². The largest absolute Gasteiger partial charge is 0.274 e. The molecular weight excluding hydrogens is 188 g/mol. The van der Waals surface area contributed by atoms with Gasteiger partial charge in [0.15, 0.2) is 0 Å². The summed E-state index contributed by atoms with van der Waals surface area (Å²) in [6.45, 7) is 2.16. The van der Waals surface area contributed by atoms with Crippen molar-refractivity contribution in [2.75, 3.05) is 0 Å². The van der Waals surface area contributed by atoms with E-state index >= 15 is 0 Å². The van der Waals surface area contributed by atoms with Gasteiger partial charge in [0.05, 0.1) is 5.69 Å². The van der Waals surface area contributed by atoms with Crippen LogP contribution < -0.4 is 0 Å². The molecule has 1 unspecified atom stereocenters. The van der Waals surface area contributed by atoms with Crippen LogP contribution in [-0.4, -0.2) is 15.0 Å². The molecule has 0 spiro atoms. The van der Waals surface area contributed by atoms with E-state index < -0.39 is 5.24 Å². The smallest absolute Gasteiger partial charge is 0.270 e. The van der Waals surface area contributed by atoms with E-state index in [-0.39, 0.29) is 0 Å². The molecule has 0 aliphatic heterocycles. The second-order valence-electron chi connectivity index (χ2n) is 3.68. The Hall–Kier alpha value is -0.830. The first-order chi connectivity index (χ1) is 6.09. The summed E-state index contributed by atoms with van der Waals surface area (Å²) >= 11 is 5.48. The number of aryl methyl sites for hydroxylation is 1. The maximum absolute atomic E-state index is 11.1. The summed E-state index contributed by atoms with van der Waals surface area (Å²) in [6.07, 6.45) is 1.89. The van der Waals surface area contributed by atoms with Crippen LogP contribution in [0.3, 0.4) is 0 Å². The number of fused-ring (bicyclic) bond motifs is 1. The first kappa shape index (κ1) is 8.75. The van der Waals surface area contributed by atoms with Crippen LogP contribution >= 0.6 is 11.6 Å². The number of hydrogen-bond acceptors (Lipinski definition) is 2. The average Bonchev–Trinajstić information content (AvgIpc) is 2.41. The van der Waals surface area contributed by atoms with E-state index in [4.69, 9.17) is 11.6 Å². The second kappa shape index (κ2) is 2.84. The van der Waals surface area contributed by atoms with Gasteiger partial charge in [0, 0.05) is 12.6 Å². The van der Waals surface area contributed by atoms with Gasteiger partial charge in [-0.1, -0.05) is 6.92 Å². The van der Waals surface area contributed by atoms with Gasteiger partial charge in [-0.2, -0.15) is 5.10 Å². The maximum Gasteiger partial charge on any atom is 0.270 e. The number of hydrogen-bond donors (Lipinski definition) is 0. The highest BCUT2D eigenvalue weighted by Gasteiger charge is 2.27. The monoisotopic (exact) mass is 198 g/mol. The number of carbonyl (C=O) groups is 1. The first-order valence-electron chi connectivity index (χ1n) is 4.34. The van der Waals surface area contributed by atoms with Crippen LogP contribution in [0.25, 0.3) is 0 Å². The molecule has 0 fully saturated rings. The first-order valence-corrected chi connectivity index (χ1v) is 4.72. The molecule has 1 aliphatic rings. The van der Waals surface area contributed by atoms with Crippen molar-refractivity contribution in [3.63, 3.8) is 0 Å². The van der Waals surface area contributed by atoms with Crippen molar-refractivity contribution in [2.45, 2.75) is 19.8 Å². The summed E-state index contributed by atoms with van der Waals surface area (Å²) in [6, 6.07) is 0. The number of rotatable bonds is 1. The number of carbonyl (C=O) groups excluding carboxylic acids is 1. The number of nitrogens with zero attached hydrogens (tertiary/aromatic N) is 2. The molecule has 0 aromatic carbocycles. The third-order valence-electron chi connectivity index (χ3n) is 2.51. The van der Waals surface area contributed by atoms with E-state index in [1.165, 1.54) is 0 Å². The molecule has 0 bridgehead atoms. The van der Waals surface area contributed by atoms with E-state index in [9.17, 15) is 4.79 Å². The lowest BCUT2D eigenvalue weighted by Crippen LogP contribution is -2.06. The Labute approximate surface area is 81.7 Å². The molecule has 70 valence electrons. The maximum atomic E-state index is 11.1. The van der Waals surface area contributed by atoms with E-state index in [0.29, 0.717) is 11.6 Å². The molecule has 1 aromatic heterocycles.